The standard InChI is InChI=1S/C10H11NO3/c1-6-4-7(9-2-3-14-9)8(5-11-6)10(12)13/h4-5,9H,2-3H2,1H3,(H,12,13). The summed E-state index contributed by atoms with van der Waals surface area (Å²) in [5, 5.41) is 8.93. The second kappa shape index (κ2) is 3.38. The van der Waals surface area contributed by atoms with Crippen LogP contribution < -0.4 is 0 Å². The van der Waals surface area contributed by atoms with Gasteiger partial charge in [0.25, 0.3) is 0 Å². The summed E-state index contributed by atoms with van der Waals surface area (Å²) in [5.41, 5.74) is 1.82. The fourth-order valence-corrected chi connectivity index (χ4v) is 1.51. The molecule has 4 heteroatoms. The molecule has 1 atom stereocenters. The van der Waals surface area contributed by atoms with Crippen LogP contribution in [-0.2, 0) is 4.74 Å². The molecular formula is C10H11NO3. The van der Waals surface area contributed by atoms with E-state index in [1.807, 2.05) is 6.92 Å². The van der Waals surface area contributed by atoms with E-state index in [4.69, 9.17) is 9.84 Å². The Morgan fingerprint density at radius 3 is 2.93 bits per heavy atom. The third kappa shape index (κ3) is 1.48. The summed E-state index contributed by atoms with van der Waals surface area (Å²) in [6.07, 6.45) is 2.24. The largest absolute Gasteiger partial charge is 0.478 e. The molecule has 1 aromatic heterocycles. The van der Waals surface area contributed by atoms with Crippen molar-refractivity contribution in [2.75, 3.05) is 6.61 Å². The minimum atomic E-state index is -0.942. The van der Waals surface area contributed by atoms with E-state index in [1.165, 1.54) is 6.20 Å². The zero-order valence-corrected chi connectivity index (χ0v) is 7.86. The minimum absolute atomic E-state index is 0.0530. The van der Waals surface area contributed by atoms with E-state index in [9.17, 15) is 4.79 Å². The van der Waals surface area contributed by atoms with Crippen LogP contribution in [0.5, 0.6) is 0 Å². The van der Waals surface area contributed by atoms with Crippen LogP contribution in [0.4, 0.5) is 0 Å². The molecule has 2 heterocycles. The van der Waals surface area contributed by atoms with Crippen LogP contribution in [0.25, 0.3) is 0 Å². The molecule has 14 heavy (non-hydrogen) atoms. The highest BCUT2D eigenvalue weighted by Gasteiger charge is 2.25. The molecule has 1 aliphatic heterocycles. The van der Waals surface area contributed by atoms with E-state index in [2.05, 4.69) is 4.98 Å². The van der Waals surface area contributed by atoms with Gasteiger partial charge in [0, 0.05) is 18.3 Å². The third-order valence-corrected chi connectivity index (χ3v) is 2.35. The van der Waals surface area contributed by atoms with Crippen molar-refractivity contribution in [3.8, 4) is 0 Å². The lowest BCUT2D eigenvalue weighted by Gasteiger charge is -2.27. The van der Waals surface area contributed by atoms with Crippen molar-refractivity contribution in [3.05, 3.63) is 29.1 Å². The van der Waals surface area contributed by atoms with Crippen molar-refractivity contribution in [3.63, 3.8) is 0 Å². The van der Waals surface area contributed by atoms with Gasteiger partial charge in [-0.2, -0.15) is 0 Å². The summed E-state index contributed by atoms with van der Waals surface area (Å²) in [7, 11) is 0. The van der Waals surface area contributed by atoms with Crippen LogP contribution in [0.2, 0.25) is 0 Å². The van der Waals surface area contributed by atoms with Crippen molar-refractivity contribution in [1.82, 2.24) is 4.98 Å². The van der Waals surface area contributed by atoms with E-state index in [0.29, 0.717) is 6.61 Å². The van der Waals surface area contributed by atoms with Crippen molar-refractivity contribution >= 4 is 5.97 Å². The number of aryl methyl sites for hydroxylation is 1. The number of pyridine rings is 1. The van der Waals surface area contributed by atoms with Crippen LogP contribution in [0.3, 0.4) is 0 Å². The first kappa shape index (κ1) is 9.15. The molecule has 2 rings (SSSR count). The normalized spacial score (nSPS) is 20.2. The van der Waals surface area contributed by atoms with Gasteiger partial charge in [-0.05, 0) is 18.6 Å². The number of hydrogen-bond donors (Lipinski definition) is 1. The Kier molecular flexibility index (Phi) is 2.21. The number of aromatic nitrogens is 1. The van der Waals surface area contributed by atoms with Gasteiger partial charge in [0.2, 0.25) is 0 Å². The van der Waals surface area contributed by atoms with Crippen LogP contribution in [0.1, 0.15) is 34.1 Å². The molecular weight excluding hydrogens is 182 g/mol. The molecule has 74 valence electrons. The van der Waals surface area contributed by atoms with Crippen molar-refractivity contribution < 1.29 is 14.6 Å². The van der Waals surface area contributed by atoms with Crippen molar-refractivity contribution in [2.45, 2.75) is 19.4 Å². The monoisotopic (exact) mass is 193 g/mol. The first-order chi connectivity index (χ1) is 6.68. The van der Waals surface area contributed by atoms with E-state index < -0.39 is 5.97 Å². The predicted octanol–water partition coefficient (Wildman–Crippen LogP) is 1.55. The molecule has 1 aromatic rings. The van der Waals surface area contributed by atoms with Gasteiger partial charge in [-0.15, -0.1) is 0 Å². The van der Waals surface area contributed by atoms with Crippen LogP contribution in [0, 0.1) is 6.92 Å². The lowest BCUT2D eigenvalue weighted by atomic mass is 9.99. The fraction of sp³-hybridized carbons (Fsp3) is 0.400. The number of rotatable bonds is 2. The van der Waals surface area contributed by atoms with Gasteiger partial charge in [-0.3, -0.25) is 4.98 Å². The number of carboxylic acid groups (broad SMARTS) is 1. The highest BCUT2D eigenvalue weighted by Crippen LogP contribution is 2.31. The van der Waals surface area contributed by atoms with Crippen molar-refractivity contribution in [1.29, 1.82) is 0 Å². The third-order valence-electron chi connectivity index (χ3n) is 2.35. The maximum atomic E-state index is 10.9. The lowest BCUT2D eigenvalue weighted by molar-refractivity contribution is -0.0533. The summed E-state index contributed by atoms with van der Waals surface area (Å²) in [5.74, 6) is -0.942. The zero-order valence-electron chi connectivity index (χ0n) is 7.86. The average molecular weight is 193 g/mol. The first-order valence-electron chi connectivity index (χ1n) is 4.50. The van der Waals surface area contributed by atoms with Gasteiger partial charge in [-0.25, -0.2) is 4.79 Å². The van der Waals surface area contributed by atoms with E-state index in [1.54, 1.807) is 6.07 Å². The van der Waals surface area contributed by atoms with Crippen LogP contribution in [0.15, 0.2) is 12.3 Å². The number of aromatic carboxylic acids is 1. The number of hydrogen-bond acceptors (Lipinski definition) is 3. The molecule has 0 spiro atoms. The predicted molar refractivity (Wildman–Crippen MR) is 49.2 cm³/mol. The Bertz CT molecular complexity index is 372. The fourth-order valence-electron chi connectivity index (χ4n) is 1.51. The topological polar surface area (TPSA) is 59.4 Å². The molecule has 0 amide bonds. The molecule has 4 nitrogen and oxygen atoms in total. The molecule has 0 aromatic carbocycles. The Morgan fingerprint density at radius 2 is 2.43 bits per heavy atom. The Labute approximate surface area is 81.5 Å². The minimum Gasteiger partial charge on any atom is -0.478 e. The zero-order chi connectivity index (χ0) is 10.1. The number of nitrogens with zero attached hydrogens (tertiary/aromatic N) is 1. The van der Waals surface area contributed by atoms with Gasteiger partial charge in [0.15, 0.2) is 0 Å². The Balaban J connectivity index is 2.42. The second-order valence-electron chi connectivity index (χ2n) is 3.37. The van der Waals surface area contributed by atoms with E-state index >= 15 is 0 Å². The summed E-state index contributed by atoms with van der Waals surface area (Å²) in [4.78, 5) is 14.8. The van der Waals surface area contributed by atoms with Gasteiger partial charge < -0.3 is 9.84 Å². The number of ether oxygens (including phenoxy) is 1. The lowest BCUT2D eigenvalue weighted by Crippen LogP contribution is -2.21. The Hall–Kier alpha value is -1.42. The molecule has 1 fully saturated rings. The first-order valence-corrected chi connectivity index (χ1v) is 4.50. The highest BCUT2D eigenvalue weighted by atomic mass is 16.5. The van der Waals surface area contributed by atoms with Crippen LogP contribution >= 0.6 is 0 Å². The molecule has 1 unspecified atom stereocenters. The maximum Gasteiger partial charge on any atom is 0.337 e. The van der Waals surface area contributed by atoms with E-state index in [-0.39, 0.29) is 11.7 Å². The Morgan fingerprint density at radius 1 is 1.71 bits per heavy atom. The molecule has 0 saturated carbocycles. The maximum absolute atomic E-state index is 10.9. The van der Waals surface area contributed by atoms with E-state index in [0.717, 1.165) is 17.7 Å². The number of carboxylic acids is 1. The average Bonchev–Trinajstić information content (AvgIpc) is 2.00. The van der Waals surface area contributed by atoms with Gasteiger partial charge in [0.05, 0.1) is 18.3 Å². The molecule has 0 bridgehead atoms. The molecule has 1 aliphatic rings. The number of carbonyl (C=O) groups is 1. The summed E-state index contributed by atoms with van der Waals surface area (Å²) in [6.45, 7) is 2.55. The van der Waals surface area contributed by atoms with Crippen LogP contribution in [-0.4, -0.2) is 22.7 Å². The summed E-state index contributed by atoms with van der Waals surface area (Å²) < 4.78 is 5.27. The molecule has 0 radical (unpaired) electrons. The molecule has 0 aliphatic carbocycles. The molecule has 1 saturated heterocycles. The summed E-state index contributed by atoms with van der Waals surface area (Å²) in [6, 6.07) is 1.78. The summed E-state index contributed by atoms with van der Waals surface area (Å²) >= 11 is 0. The van der Waals surface area contributed by atoms with Gasteiger partial charge >= 0.3 is 5.97 Å². The second-order valence-corrected chi connectivity index (χ2v) is 3.37. The quantitative estimate of drug-likeness (QED) is 0.774. The smallest absolute Gasteiger partial charge is 0.337 e. The van der Waals surface area contributed by atoms with Gasteiger partial charge in [0.1, 0.15) is 0 Å². The SMILES string of the molecule is Cc1cc(C2CCO2)c(C(=O)O)cn1. The van der Waals surface area contributed by atoms with Crippen molar-refractivity contribution in [2.24, 2.45) is 0 Å². The molecule has 1 N–H and O–H groups in total. The van der Waals surface area contributed by atoms with Gasteiger partial charge in [-0.1, -0.05) is 0 Å². The highest BCUT2D eigenvalue weighted by molar-refractivity contribution is 5.89.